The Bertz CT molecular complexity index is 714. The predicted octanol–water partition coefficient (Wildman–Crippen LogP) is 0.158. The van der Waals surface area contributed by atoms with Crippen molar-refractivity contribution in [3.8, 4) is 10.9 Å². The van der Waals surface area contributed by atoms with E-state index in [0.29, 0.717) is 16.5 Å². The van der Waals surface area contributed by atoms with Crippen LogP contribution in [-0.2, 0) is 0 Å². The van der Waals surface area contributed by atoms with Crippen LogP contribution in [0.5, 0.6) is 10.9 Å². The smallest absolute Gasteiger partial charge is 1.00 e. The number of hydrogen-bond donors (Lipinski definition) is 0. The Labute approximate surface area is 151 Å². The van der Waals surface area contributed by atoms with Crippen LogP contribution in [-0.4, -0.2) is 4.98 Å². The predicted molar refractivity (Wildman–Crippen MR) is 65.8 cm³/mol. The van der Waals surface area contributed by atoms with Gasteiger partial charge in [-0.15, -0.1) is 0 Å². The van der Waals surface area contributed by atoms with Gasteiger partial charge < -0.3 is 10.6 Å². The Kier molecular flexibility index (Phi) is 4.71. The molecule has 0 fully saturated rings. The van der Waals surface area contributed by atoms with Crippen LogP contribution in [0.3, 0.4) is 0 Å². The summed E-state index contributed by atoms with van der Waals surface area (Å²) in [5, 5.41) is 3.25. The van der Waals surface area contributed by atoms with Gasteiger partial charge in [0.2, 0.25) is 0 Å². The summed E-state index contributed by atoms with van der Waals surface area (Å²) in [6.45, 7) is 0. The molecular formula is C12H8KNO3S. The van der Waals surface area contributed by atoms with E-state index in [1.54, 1.807) is 18.3 Å². The van der Waals surface area contributed by atoms with Crippen LogP contribution in [0.4, 0.5) is 0 Å². The van der Waals surface area contributed by atoms with Crippen molar-refractivity contribution >= 4 is 22.3 Å². The van der Waals surface area contributed by atoms with Crippen LogP contribution in [0.15, 0.2) is 51.1 Å². The second kappa shape index (κ2) is 6.09. The molecule has 0 bridgehead atoms. The van der Waals surface area contributed by atoms with Gasteiger partial charge in [0, 0.05) is 29.1 Å². The molecule has 0 saturated carbocycles. The summed E-state index contributed by atoms with van der Waals surface area (Å²) in [6.07, 6.45) is 1.67. The van der Waals surface area contributed by atoms with Crippen molar-refractivity contribution in [2.24, 2.45) is 0 Å². The van der Waals surface area contributed by atoms with Crippen molar-refractivity contribution in [1.29, 1.82) is 0 Å². The van der Waals surface area contributed by atoms with E-state index < -0.39 is 0 Å². The van der Waals surface area contributed by atoms with Crippen molar-refractivity contribution in [1.82, 2.24) is 4.98 Å². The van der Waals surface area contributed by atoms with Gasteiger partial charge in [0.25, 0.3) is 5.19 Å². The molecule has 6 heteroatoms. The van der Waals surface area contributed by atoms with Gasteiger partial charge in [-0.1, -0.05) is 11.3 Å². The molecule has 2 aromatic heterocycles. The molecule has 0 spiro atoms. The maximum Gasteiger partial charge on any atom is 1.00 e. The molecule has 86 valence electrons. The van der Waals surface area contributed by atoms with Crippen LogP contribution in [0, 0.1) is 0 Å². The summed E-state index contributed by atoms with van der Waals surface area (Å²) in [4.78, 5) is 15.1. The Morgan fingerprint density at radius 1 is 1.28 bits per heavy atom. The largest absolute Gasteiger partial charge is 1.00 e. The minimum Gasteiger partial charge on any atom is -1.00 e. The fourth-order valence-corrected chi connectivity index (χ4v) is 1.97. The third-order valence-corrected chi connectivity index (χ3v) is 2.86. The van der Waals surface area contributed by atoms with Crippen molar-refractivity contribution in [3.63, 3.8) is 0 Å². The third-order valence-electron chi connectivity index (χ3n) is 2.21. The van der Waals surface area contributed by atoms with E-state index in [1.165, 1.54) is 17.4 Å². The second-order valence-electron chi connectivity index (χ2n) is 3.35. The molecule has 3 rings (SSSR count). The van der Waals surface area contributed by atoms with Crippen LogP contribution in [0.1, 0.15) is 1.43 Å². The topological polar surface area (TPSA) is 52.3 Å². The Balaban J connectivity index is 0.000000902. The van der Waals surface area contributed by atoms with Gasteiger partial charge in [0.15, 0.2) is 0 Å². The van der Waals surface area contributed by atoms with Gasteiger partial charge in [0.1, 0.15) is 11.3 Å². The second-order valence-corrected chi connectivity index (χ2v) is 4.21. The Hall–Kier alpha value is -0.504. The van der Waals surface area contributed by atoms with Gasteiger partial charge in [-0.2, -0.15) is 0 Å². The number of ether oxygens (including phenoxy) is 1. The van der Waals surface area contributed by atoms with E-state index in [-0.39, 0.29) is 58.4 Å². The van der Waals surface area contributed by atoms with Gasteiger partial charge >= 0.3 is 57.0 Å². The quantitative estimate of drug-likeness (QED) is 0.497. The zero-order chi connectivity index (χ0) is 11.7. The molecule has 0 N–H and O–H groups in total. The summed E-state index contributed by atoms with van der Waals surface area (Å²) in [6, 6.07) is 8.43. The normalized spacial score (nSPS) is 10.0. The summed E-state index contributed by atoms with van der Waals surface area (Å²) < 4.78 is 10.6. The average Bonchev–Trinajstić information content (AvgIpc) is 2.81. The Morgan fingerprint density at radius 2 is 2.11 bits per heavy atom. The first-order chi connectivity index (χ1) is 8.31. The first-order valence-corrected chi connectivity index (χ1v) is 5.80. The van der Waals surface area contributed by atoms with E-state index in [1.807, 2.05) is 17.5 Å². The number of hydrogen-bond acceptors (Lipinski definition) is 5. The zero-order valence-corrected chi connectivity index (χ0v) is 13.6. The molecule has 1 aromatic carbocycles. The molecule has 0 saturated heterocycles. The summed E-state index contributed by atoms with van der Waals surface area (Å²) in [5.41, 5.74) is 0.135. The summed E-state index contributed by atoms with van der Waals surface area (Å²) in [5.74, 6) is 0.599. The minimum absolute atomic E-state index is 0. The third kappa shape index (κ3) is 3.08. The molecular weight excluding hydrogens is 277 g/mol. The average molecular weight is 285 g/mol. The molecule has 0 radical (unpaired) electrons. The van der Waals surface area contributed by atoms with Gasteiger partial charge in [-0.25, -0.2) is 9.78 Å². The van der Waals surface area contributed by atoms with E-state index in [9.17, 15) is 4.79 Å². The molecule has 4 nitrogen and oxygen atoms in total. The maximum absolute atomic E-state index is 11.1. The van der Waals surface area contributed by atoms with Gasteiger partial charge in [0.05, 0.1) is 0 Å². The first-order valence-electron chi connectivity index (χ1n) is 4.92. The van der Waals surface area contributed by atoms with Crippen molar-refractivity contribution in [2.45, 2.75) is 0 Å². The monoisotopic (exact) mass is 285 g/mol. The Morgan fingerprint density at radius 3 is 2.89 bits per heavy atom. The molecule has 0 unspecified atom stereocenters. The van der Waals surface area contributed by atoms with E-state index in [2.05, 4.69) is 4.98 Å². The molecule has 0 aliphatic carbocycles. The van der Waals surface area contributed by atoms with Gasteiger partial charge in [-0.05, 0) is 18.2 Å². The number of aromatic nitrogens is 1. The van der Waals surface area contributed by atoms with Gasteiger partial charge in [-0.3, -0.25) is 0 Å². The standard InChI is InChI=1S/C12H7NO3S.K.H/c14-11-4-2-8-1-3-9(7-10(8)16-11)15-12-13-5-6-17-12;;/h1-7H;;/q;+1;-1. The van der Waals surface area contributed by atoms with Crippen molar-refractivity contribution in [3.05, 3.63) is 52.3 Å². The summed E-state index contributed by atoms with van der Waals surface area (Å²) >= 11 is 1.40. The number of benzene rings is 1. The molecule has 18 heavy (non-hydrogen) atoms. The van der Waals surface area contributed by atoms with E-state index in [4.69, 9.17) is 9.15 Å². The van der Waals surface area contributed by atoms with Crippen molar-refractivity contribution < 1.29 is 62.0 Å². The molecule has 0 amide bonds. The maximum atomic E-state index is 11.1. The molecule has 0 atom stereocenters. The fourth-order valence-electron chi connectivity index (χ4n) is 1.47. The van der Waals surface area contributed by atoms with Crippen LogP contribution >= 0.6 is 11.3 Å². The zero-order valence-electron chi connectivity index (χ0n) is 10.6. The number of rotatable bonds is 2. The molecule has 2 heterocycles. The number of thiazole rings is 1. The molecule has 0 aliphatic heterocycles. The molecule has 3 aromatic rings. The van der Waals surface area contributed by atoms with Crippen LogP contribution in [0.2, 0.25) is 0 Å². The SMILES string of the molecule is O=c1ccc2ccc(Oc3nccs3)cc2o1.[H-].[K+]. The van der Waals surface area contributed by atoms with E-state index in [0.717, 1.165) is 5.39 Å². The number of nitrogens with zero attached hydrogens (tertiary/aromatic N) is 1. The number of fused-ring (bicyclic) bond motifs is 1. The van der Waals surface area contributed by atoms with E-state index >= 15 is 0 Å². The fraction of sp³-hybridized carbons (Fsp3) is 0. The van der Waals surface area contributed by atoms with Crippen LogP contribution < -0.4 is 61.7 Å². The molecule has 0 aliphatic rings. The summed E-state index contributed by atoms with van der Waals surface area (Å²) in [7, 11) is 0. The minimum atomic E-state index is -0.371. The van der Waals surface area contributed by atoms with Crippen molar-refractivity contribution in [2.75, 3.05) is 0 Å². The van der Waals surface area contributed by atoms with Crippen LogP contribution in [0.25, 0.3) is 11.0 Å². The first kappa shape index (κ1) is 13.9.